The Morgan fingerprint density at radius 1 is 1.21 bits per heavy atom. The molecule has 0 fully saturated rings. The van der Waals surface area contributed by atoms with Gasteiger partial charge >= 0.3 is 0 Å². The van der Waals surface area contributed by atoms with Crippen LogP contribution in [-0.4, -0.2) is 49.7 Å². The highest BCUT2D eigenvalue weighted by atomic mass is 16.5. The van der Waals surface area contributed by atoms with Crippen LogP contribution in [-0.2, 0) is 30.7 Å². The monoisotopic (exact) mass is 401 g/mol. The van der Waals surface area contributed by atoms with Gasteiger partial charge in [0.15, 0.2) is 12.6 Å². The first-order valence-electron chi connectivity index (χ1n) is 9.81. The Morgan fingerprint density at radius 3 is 2.62 bits per heavy atom. The minimum Gasteiger partial charge on any atom is -0.484 e. The molecule has 0 bridgehead atoms. The SMILES string of the molecule is CCc1noc(CC)c1CNC(=NC)NCc1cccc(OCC(=O)N(C)C)c1. The van der Waals surface area contributed by atoms with Crippen molar-refractivity contribution in [1.29, 1.82) is 0 Å². The summed E-state index contributed by atoms with van der Waals surface area (Å²) in [5.74, 6) is 2.17. The highest BCUT2D eigenvalue weighted by Gasteiger charge is 2.13. The first kappa shape index (κ1) is 22.3. The molecule has 0 aliphatic carbocycles. The first-order chi connectivity index (χ1) is 14.0. The van der Waals surface area contributed by atoms with Crippen molar-refractivity contribution in [3.8, 4) is 5.75 Å². The molecule has 0 saturated heterocycles. The van der Waals surface area contributed by atoms with E-state index in [1.807, 2.05) is 24.3 Å². The fourth-order valence-corrected chi connectivity index (χ4v) is 2.74. The Balaban J connectivity index is 1.90. The molecule has 1 aromatic carbocycles. The quantitative estimate of drug-likeness (QED) is 0.494. The van der Waals surface area contributed by atoms with Crippen LogP contribution in [0.2, 0.25) is 0 Å². The average molecular weight is 402 g/mol. The smallest absolute Gasteiger partial charge is 0.259 e. The van der Waals surface area contributed by atoms with Crippen LogP contribution < -0.4 is 15.4 Å². The van der Waals surface area contributed by atoms with Gasteiger partial charge in [0.2, 0.25) is 0 Å². The topological polar surface area (TPSA) is 92.0 Å². The number of likely N-dealkylation sites (N-methyl/N-ethyl adjacent to an activating group) is 1. The predicted octanol–water partition coefficient (Wildman–Crippen LogP) is 2.13. The molecule has 0 aliphatic rings. The van der Waals surface area contributed by atoms with Gasteiger partial charge in [-0.15, -0.1) is 0 Å². The summed E-state index contributed by atoms with van der Waals surface area (Å²) in [5, 5.41) is 10.7. The molecule has 1 amide bonds. The van der Waals surface area contributed by atoms with Crippen molar-refractivity contribution >= 4 is 11.9 Å². The highest BCUT2D eigenvalue weighted by molar-refractivity contribution is 5.79. The Bertz CT molecular complexity index is 808. The van der Waals surface area contributed by atoms with Gasteiger partial charge in [-0.25, -0.2) is 0 Å². The number of benzene rings is 1. The number of ether oxygens (including phenoxy) is 1. The lowest BCUT2D eigenvalue weighted by molar-refractivity contribution is -0.130. The molecule has 0 unspecified atom stereocenters. The summed E-state index contributed by atoms with van der Waals surface area (Å²) in [6.45, 7) is 5.31. The van der Waals surface area contributed by atoms with Crippen LogP contribution in [0.5, 0.6) is 5.75 Å². The molecule has 158 valence electrons. The summed E-state index contributed by atoms with van der Waals surface area (Å²) in [4.78, 5) is 17.5. The van der Waals surface area contributed by atoms with Crippen molar-refractivity contribution in [3.05, 3.63) is 46.8 Å². The van der Waals surface area contributed by atoms with E-state index in [0.717, 1.165) is 35.4 Å². The predicted molar refractivity (Wildman–Crippen MR) is 113 cm³/mol. The maximum atomic E-state index is 11.7. The number of rotatable bonds is 9. The van der Waals surface area contributed by atoms with Gasteiger partial charge in [-0.05, 0) is 24.1 Å². The third-order valence-electron chi connectivity index (χ3n) is 4.48. The molecule has 2 aromatic rings. The number of carbonyl (C=O) groups is 1. The molecular weight excluding hydrogens is 370 g/mol. The van der Waals surface area contributed by atoms with Gasteiger partial charge in [-0.3, -0.25) is 9.79 Å². The molecule has 1 heterocycles. The molecule has 8 nitrogen and oxygen atoms in total. The van der Waals surface area contributed by atoms with Gasteiger partial charge in [-0.2, -0.15) is 0 Å². The molecule has 29 heavy (non-hydrogen) atoms. The van der Waals surface area contributed by atoms with Crippen LogP contribution in [0.15, 0.2) is 33.8 Å². The molecule has 8 heteroatoms. The maximum Gasteiger partial charge on any atom is 0.259 e. The standard InChI is InChI=1S/C21H31N5O3/c1-6-18-17(19(7-2)29-25-18)13-24-21(22-3)23-12-15-9-8-10-16(11-15)28-14-20(27)26(4)5/h8-11H,6-7,12-14H2,1-5H3,(H2,22,23,24). The van der Waals surface area contributed by atoms with Crippen molar-refractivity contribution in [3.63, 3.8) is 0 Å². The summed E-state index contributed by atoms with van der Waals surface area (Å²) < 4.78 is 11.0. The summed E-state index contributed by atoms with van der Waals surface area (Å²) in [6.07, 6.45) is 1.63. The molecule has 2 N–H and O–H groups in total. The van der Waals surface area contributed by atoms with E-state index in [1.54, 1.807) is 21.1 Å². The summed E-state index contributed by atoms with van der Waals surface area (Å²) in [5.41, 5.74) is 3.09. The normalized spacial score (nSPS) is 11.3. The zero-order chi connectivity index (χ0) is 21.2. The van der Waals surface area contributed by atoms with E-state index in [0.29, 0.717) is 24.8 Å². The molecular formula is C21H31N5O3. The van der Waals surface area contributed by atoms with Gasteiger partial charge in [0.1, 0.15) is 11.5 Å². The van der Waals surface area contributed by atoms with E-state index in [-0.39, 0.29) is 12.5 Å². The Kier molecular flexibility index (Phi) is 8.51. The van der Waals surface area contributed by atoms with Gasteiger partial charge in [0.05, 0.1) is 5.69 Å². The third kappa shape index (κ3) is 6.51. The largest absolute Gasteiger partial charge is 0.484 e. The zero-order valence-electron chi connectivity index (χ0n) is 17.9. The van der Waals surface area contributed by atoms with Crippen LogP contribution in [0.25, 0.3) is 0 Å². The second-order valence-corrected chi connectivity index (χ2v) is 6.74. The molecule has 0 atom stereocenters. The Hall–Kier alpha value is -3.03. The zero-order valence-corrected chi connectivity index (χ0v) is 17.9. The fourth-order valence-electron chi connectivity index (χ4n) is 2.74. The number of aryl methyl sites for hydroxylation is 2. The summed E-state index contributed by atoms with van der Waals surface area (Å²) in [7, 11) is 5.14. The van der Waals surface area contributed by atoms with Crippen molar-refractivity contribution in [2.75, 3.05) is 27.7 Å². The number of hydrogen-bond acceptors (Lipinski definition) is 5. The number of aliphatic imine (C=N–C) groups is 1. The summed E-state index contributed by atoms with van der Waals surface area (Å²) in [6, 6.07) is 7.64. The minimum atomic E-state index is -0.0789. The third-order valence-corrected chi connectivity index (χ3v) is 4.48. The Morgan fingerprint density at radius 2 is 1.97 bits per heavy atom. The van der Waals surface area contributed by atoms with E-state index in [1.165, 1.54) is 4.90 Å². The van der Waals surface area contributed by atoms with Gasteiger partial charge in [0, 0.05) is 46.2 Å². The van der Waals surface area contributed by atoms with E-state index >= 15 is 0 Å². The fraction of sp³-hybridized carbons (Fsp3) is 0.476. The maximum absolute atomic E-state index is 11.7. The molecule has 1 aromatic heterocycles. The van der Waals surface area contributed by atoms with E-state index < -0.39 is 0 Å². The second-order valence-electron chi connectivity index (χ2n) is 6.74. The number of nitrogens with one attached hydrogen (secondary N) is 2. The van der Waals surface area contributed by atoms with E-state index in [9.17, 15) is 4.79 Å². The number of guanidine groups is 1. The molecule has 2 rings (SSSR count). The van der Waals surface area contributed by atoms with Crippen molar-refractivity contribution in [2.24, 2.45) is 4.99 Å². The number of nitrogens with zero attached hydrogens (tertiary/aromatic N) is 3. The number of hydrogen-bond donors (Lipinski definition) is 2. The molecule has 0 saturated carbocycles. The lowest BCUT2D eigenvalue weighted by atomic mass is 10.1. The van der Waals surface area contributed by atoms with E-state index in [2.05, 4.69) is 34.6 Å². The summed E-state index contributed by atoms with van der Waals surface area (Å²) >= 11 is 0. The number of aromatic nitrogens is 1. The number of carbonyl (C=O) groups excluding carboxylic acids is 1. The first-order valence-corrected chi connectivity index (χ1v) is 9.81. The van der Waals surface area contributed by atoms with Gasteiger partial charge < -0.3 is 24.8 Å². The molecule has 0 radical (unpaired) electrons. The van der Waals surface area contributed by atoms with E-state index in [4.69, 9.17) is 9.26 Å². The lowest BCUT2D eigenvalue weighted by Crippen LogP contribution is -2.36. The molecule has 0 spiro atoms. The lowest BCUT2D eigenvalue weighted by Gasteiger charge is -2.14. The molecule has 0 aliphatic heterocycles. The average Bonchev–Trinajstić information content (AvgIpc) is 3.14. The van der Waals surface area contributed by atoms with Crippen LogP contribution in [0.1, 0.15) is 36.4 Å². The highest BCUT2D eigenvalue weighted by Crippen LogP contribution is 2.16. The van der Waals surface area contributed by atoms with Gasteiger partial charge in [0.25, 0.3) is 5.91 Å². The van der Waals surface area contributed by atoms with Crippen LogP contribution in [0.3, 0.4) is 0 Å². The van der Waals surface area contributed by atoms with Crippen molar-refractivity contribution < 1.29 is 14.1 Å². The van der Waals surface area contributed by atoms with Crippen LogP contribution >= 0.6 is 0 Å². The number of amides is 1. The second kappa shape index (κ2) is 11.1. The van der Waals surface area contributed by atoms with Crippen LogP contribution in [0, 0.1) is 0 Å². The van der Waals surface area contributed by atoms with Crippen molar-refractivity contribution in [2.45, 2.75) is 39.8 Å². The van der Waals surface area contributed by atoms with Crippen molar-refractivity contribution in [1.82, 2.24) is 20.7 Å². The van der Waals surface area contributed by atoms with Crippen LogP contribution in [0.4, 0.5) is 0 Å². The Labute approximate surface area is 172 Å². The minimum absolute atomic E-state index is 0.0192. The van der Waals surface area contributed by atoms with Gasteiger partial charge in [-0.1, -0.05) is 31.1 Å².